The van der Waals surface area contributed by atoms with Crippen LogP contribution < -0.4 is 0 Å². The first kappa shape index (κ1) is 34.3. The molecule has 5 N–H and O–H groups in total. The van der Waals surface area contributed by atoms with Crippen LogP contribution in [0.25, 0.3) is 0 Å². The molecule has 1 saturated heterocycles. The van der Waals surface area contributed by atoms with Crippen LogP contribution in [-0.2, 0) is 19.1 Å². The van der Waals surface area contributed by atoms with E-state index < -0.39 is 53.5 Å². The first-order valence-corrected chi connectivity index (χ1v) is 19.1. The fraction of sp³-hybridized carbons (Fsp3) is 0.850. The fourth-order valence-electron chi connectivity index (χ4n) is 15.0. The fourth-order valence-corrected chi connectivity index (χ4v) is 15.0. The Morgan fingerprint density at radius 1 is 0.878 bits per heavy atom. The lowest BCUT2D eigenvalue weighted by Crippen LogP contribution is -2.70. The van der Waals surface area contributed by atoms with Crippen LogP contribution in [-0.4, -0.2) is 74.3 Å². The molecular formula is C40H58O9. The van der Waals surface area contributed by atoms with Crippen LogP contribution >= 0.6 is 0 Å². The number of fused-ring (bicyclic) bond motifs is 5. The smallest absolute Gasteiger partial charge is 0.335 e. The predicted octanol–water partition coefficient (Wildman–Crippen LogP) is 5.85. The molecule has 1 spiro atoms. The van der Waals surface area contributed by atoms with E-state index in [9.17, 15) is 35.1 Å². The summed E-state index contributed by atoms with van der Waals surface area (Å²) in [6, 6.07) is 0. The van der Waals surface area contributed by atoms with Gasteiger partial charge in [0.05, 0.1) is 11.5 Å². The van der Waals surface area contributed by atoms with Crippen molar-refractivity contribution in [1.82, 2.24) is 0 Å². The molecule has 0 aromatic heterocycles. The number of aliphatic hydroxyl groups excluding tert-OH is 3. The Morgan fingerprint density at radius 3 is 2.33 bits per heavy atom. The molecule has 8 rings (SSSR count). The van der Waals surface area contributed by atoms with Gasteiger partial charge in [-0.15, -0.1) is 0 Å². The summed E-state index contributed by atoms with van der Waals surface area (Å²) in [7, 11) is 0. The minimum atomic E-state index is -1.75. The van der Waals surface area contributed by atoms with Crippen LogP contribution in [0.1, 0.15) is 118 Å². The molecule has 9 heteroatoms. The number of hydrogen-bond donors (Lipinski definition) is 5. The molecular weight excluding hydrogens is 624 g/mol. The second-order valence-electron chi connectivity index (χ2n) is 19.4. The molecule has 6 fully saturated rings. The Kier molecular flexibility index (Phi) is 7.46. The summed E-state index contributed by atoms with van der Waals surface area (Å²) in [6.07, 6.45) is 11.0. The van der Waals surface area contributed by atoms with Crippen LogP contribution in [0.15, 0.2) is 23.8 Å². The summed E-state index contributed by atoms with van der Waals surface area (Å²) in [5, 5.41) is 52.3. The zero-order chi connectivity index (χ0) is 35.2. The van der Waals surface area contributed by atoms with E-state index in [4.69, 9.17) is 9.47 Å². The highest BCUT2D eigenvalue weighted by atomic mass is 16.7. The van der Waals surface area contributed by atoms with E-state index in [1.165, 1.54) is 5.57 Å². The van der Waals surface area contributed by atoms with Gasteiger partial charge in [0.1, 0.15) is 18.3 Å². The number of carboxylic acids is 2. The summed E-state index contributed by atoms with van der Waals surface area (Å²) in [4.78, 5) is 25.2. The largest absolute Gasteiger partial charge is 0.481 e. The number of carbonyl (C=O) groups is 2. The lowest BCUT2D eigenvalue weighted by atomic mass is 9.29. The third-order valence-electron chi connectivity index (χ3n) is 17.3. The van der Waals surface area contributed by atoms with Crippen LogP contribution in [0.5, 0.6) is 0 Å². The Balaban J connectivity index is 1.16. The minimum Gasteiger partial charge on any atom is -0.481 e. The van der Waals surface area contributed by atoms with Crippen LogP contribution in [0.4, 0.5) is 0 Å². The van der Waals surface area contributed by atoms with Gasteiger partial charge < -0.3 is 35.0 Å². The third kappa shape index (κ3) is 4.17. The van der Waals surface area contributed by atoms with Gasteiger partial charge in [-0.25, -0.2) is 4.79 Å². The maximum atomic E-state index is 13.4. The number of allylic oxidation sites excluding steroid dienone is 4. The second-order valence-corrected chi connectivity index (χ2v) is 19.4. The van der Waals surface area contributed by atoms with E-state index in [-0.39, 0.29) is 33.2 Å². The summed E-state index contributed by atoms with van der Waals surface area (Å²) in [6.45, 7) is 12.3. The average Bonchev–Trinajstić information content (AvgIpc) is 3.02. The lowest BCUT2D eigenvalue weighted by molar-refractivity contribution is -0.332. The number of carboxylic acid groups (broad SMARTS) is 2. The van der Waals surface area contributed by atoms with E-state index in [1.807, 2.05) is 0 Å². The maximum absolute atomic E-state index is 13.4. The van der Waals surface area contributed by atoms with E-state index in [1.54, 1.807) is 0 Å². The van der Waals surface area contributed by atoms with E-state index >= 15 is 0 Å². The maximum Gasteiger partial charge on any atom is 0.335 e. The molecule has 0 aromatic rings. The van der Waals surface area contributed by atoms with E-state index in [0.717, 1.165) is 83.5 Å². The van der Waals surface area contributed by atoms with Crippen LogP contribution in [0.3, 0.4) is 0 Å². The molecule has 0 amide bonds. The molecule has 9 nitrogen and oxygen atoms in total. The number of aliphatic carboxylic acids is 2. The normalized spacial score (nSPS) is 57.5. The number of ether oxygens (including phenoxy) is 2. The highest BCUT2D eigenvalue weighted by Crippen LogP contribution is 2.81. The van der Waals surface area contributed by atoms with Crippen molar-refractivity contribution < 1.29 is 44.6 Å². The Morgan fingerprint density at radius 2 is 1.61 bits per heavy atom. The Bertz CT molecular complexity index is 1490. The molecule has 1 aliphatic heterocycles. The van der Waals surface area contributed by atoms with Gasteiger partial charge in [0.25, 0.3) is 0 Å². The minimum absolute atomic E-state index is 0.00484. The summed E-state index contributed by atoms with van der Waals surface area (Å²) >= 11 is 0. The highest BCUT2D eigenvalue weighted by Gasteiger charge is 2.75. The van der Waals surface area contributed by atoms with Crippen molar-refractivity contribution in [3.63, 3.8) is 0 Å². The average molecular weight is 683 g/mol. The van der Waals surface area contributed by atoms with Crippen molar-refractivity contribution in [2.24, 2.45) is 55.7 Å². The zero-order valence-corrected chi connectivity index (χ0v) is 30.0. The molecule has 16 atom stereocenters. The number of aliphatic hydroxyl groups is 3. The SMILES string of the molecule is CC12CC=CC3(C1)C1=CCC4C5(C)CCC(OC6OC(C(=O)O)C(O)C(O)C6O)C6(C)CCCC(CC4(C)C1(C)CCC3(C(=O)O)CC2)C65. The van der Waals surface area contributed by atoms with Gasteiger partial charge in [-0.1, -0.05) is 71.3 Å². The predicted molar refractivity (Wildman–Crippen MR) is 180 cm³/mol. The van der Waals surface area contributed by atoms with Gasteiger partial charge in [0, 0.05) is 5.41 Å². The van der Waals surface area contributed by atoms with Crippen molar-refractivity contribution in [3.8, 4) is 0 Å². The van der Waals surface area contributed by atoms with Crippen molar-refractivity contribution in [3.05, 3.63) is 23.8 Å². The molecule has 272 valence electrons. The Hall–Kier alpha value is -1.78. The lowest BCUT2D eigenvalue weighted by Gasteiger charge is -2.75. The van der Waals surface area contributed by atoms with Crippen molar-refractivity contribution in [2.45, 2.75) is 155 Å². The molecule has 2 bridgehead atoms. The van der Waals surface area contributed by atoms with Crippen molar-refractivity contribution in [1.29, 1.82) is 0 Å². The molecule has 5 saturated carbocycles. The van der Waals surface area contributed by atoms with Crippen LogP contribution in [0.2, 0.25) is 0 Å². The third-order valence-corrected chi connectivity index (χ3v) is 17.3. The van der Waals surface area contributed by atoms with Gasteiger partial charge in [0.2, 0.25) is 0 Å². The van der Waals surface area contributed by atoms with Gasteiger partial charge in [-0.3, -0.25) is 4.79 Å². The number of rotatable bonds is 4. The summed E-state index contributed by atoms with van der Waals surface area (Å²) in [5.41, 5.74) is 0.00434. The Labute approximate surface area is 290 Å². The van der Waals surface area contributed by atoms with Gasteiger partial charge >= 0.3 is 11.9 Å². The standard InChI is InChI=1S/C40H58O9/c1-34-12-7-14-40(21-34)24-10-9-23-35(2)15-11-25(48-32-28(43)26(41)27(42)29(49-32)31(44)45)36(3)13-6-8-22(30(35)36)20-38(23,5)37(24,4)17-19-39(40,18-16-34)33(46)47/h7,10,14,22-23,25-30,32,41-43H,6,8-9,11-13,15-21H2,1-5H3,(H,44,45)(H,46,47). The topological polar surface area (TPSA) is 154 Å². The van der Waals surface area contributed by atoms with Crippen molar-refractivity contribution in [2.75, 3.05) is 0 Å². The van der Waals surface area contributed by atoms with Gasteiger partial charge in [0.15, 0.2) is 12.4 Å². The molecule has 16 unspecified atom stereocenters. The molecule has 8 aliphatic rings. The molecule has 7 aliphatic carbocycles. The van der Waals surface area contributed by atoms with Gasteiger partial charge in [-0.05, 0) is 115 Å². The summed E-state index contributed by atoms with van der Waals surface area (Å²) < 4.78 is 12.2. The first-order chi connectivity index (χ1) is 22.9. The monoisotopic (exact) mass is 682 g/mol. The highest BCUT2D eigenvalue weighted by molar-refractivity contribution is 5.79. The summed E-state index contributed by atoms with van der Waals surface area (Å²) in [5.74, 6) is -0.803. The van der Waals surface area contributed by atoms with Crippen LogP contribution in [0, 0.1) is 55.7 Å². The van der Waals surface area contributed by atoms with E-state index in [0.29, 0.717) is 17.8 Å². The van der Waals surface area contributed by atoms with Crippen molar-refractivity contribution >= 4 is 11.9 Å². The molecule has 1 heterocycles. The quantitative estimate of drug-likeness (QED) is 0.182. The molecule has 0 aromatic carbocycles. The zero-order valence-electron chi connectivity index (χ0n) is 30.0. The second kappa shape index (κ2) is 10.6. The van der Waals surface area contributed by atoms with E-state index in [2.05, 4.69) is 52.8 Å². The number of hydrogen-bond acceptors (Lipinski definition) is 7. The molecule has 49 heavy (non-hydrogen) atoms. The first-order valence-electron chi connectivity index (χ1n) is 19.1. The van der Waals surface area contributed by atoms with Gasteiger partial charge in [-0.2, -0.15) is 0 Å². The molecule has 0 radical (unpaired) electrons.